The quantitative estimate of drug-likeness (QED) is 0.564. The predicted octanol–water partition coefficient (Wildman–Crippen LogP) is 2.37. The van der Waals surface area contributed by atoms with Crippen LogP contribution in [0.25, 0.3) is 0 Å². The minimum Gasteiger partial charge on any atom is -0.294 e. The molecule has 1 aliphatic heterocycles. The lowest BCUT2D eigenvalue weighted by Gasteiger charge is -2.28. The zero-order chi connectivity index (χ0) is 10.7. The lowest BCUT2D eigenvalue weighted by Crippen LogP contribution is -2.32. The molecule has 1 aromatic carbocycles. The monoisotopic (exact) mass is 221 g/mol. The van der Waals surface area contributed by atoms with E-state index < -0.39 is 0 Å². The third-order valence-electron chi connectivity index (χ3n) is 2.88. The summed E-state index contributed by atoms with van der Waals surface area (Å²) in [4.78, 5) is 12.1. The summed E-state index contributed by atoms with van der Waals surface area (Å²) >= 11 is 0. The number of Topliss-reactive ketones (excluding diaryl/α,β-unsaturated/α-hetero) is 1. The van der Waals surface area contributed by atoms with Crippen LogP contribution in [0.3, 0.4) is 0 Å². The molecule has 2 unspecified atom stereocenters. The van der Waals surface area contributed by atoms with Crippen LogP contribution in [0.15, 0.2) is 30.3 Å². The molecule has 0 aromatic heterocycles. The smallest absolute Gasteiger partial charge is 0.167 e. The third-order valence-corrected chi connectivity index (χ3v) is 3.35. The fourth-order valence-corrected chi connectivity index (χ4v) is 2.50. The van der Waals surface area contributed by atoms with E-state index in [0.717, 1.165) is 31.5 Å². The Hall–Kier alpha value is -0.720. The number of ketones is 1. The second-order valence-electron chi connectivity index (χ2n) is 4.06. The zero-order valence-electron chi connectivity index (χ0n) is 8.73. The first-order valence-electron chi connectivity index (χ1n) is 5.36. The molecule has 0 amide bonds. The third kappa shape index (κ3) is 2.64. The number of rotatable bonds is 2. The Kier molecular flexibility index (Phi) is 3.50. The molecule has 1 saturated heterocycles. The first kappa shape index (κ1) is 10.8. The Morgan fingerprint density at radius 3 is 2.73 bits per heavy atom. The van der Waals surface area contributed by atoms with Gasteiger partial charge in [0.1, 0.15) is 0 Å². The van der Waals surface area contributed by atoms with Gasteiger partial charge in [-0.3, -0.25) is 9.46 Å². The molecule has 2 atom stereocenters. The van der Waals surface area contributed by atoms with Gasteiger partial charge in [0.05, 0.1) is 0 Å². The largest absolute Gasteiger partial charge is 0.294 e. The number of hydrogen-bond donors (Lipinski definition) is 0. The summed E-state index contributed by atoms with van der Waals surface area (Å²) in [6.45, 7) is 1.96. The van der Waals surface area contributed by atoms with Crippen LogP contribution in [0, 0.1) is 5.92 Å². The van der Waals surface area contributed by atoms with E-state index in [1.165, 1.54) is 0 Å². The number of carbonyl (C=O) groups is 1. The van der Waals surface area contributed by atoms with Crippen molar-refractivity contribution in [1.29, 1.82) is 0 Å². The lowest BCUT2D eigenvalue weighted by molar-refractivity contribution is 0.0875. The molecule has 2 nitrogen and oxygen atoms in total. The Balaban J connectivity index is 2.08. The van der Waals surface area contributed by atoms with Crippen molar-refractivity contribution in [3.05, 3.63) is 35.9 Å². The van der Waals surface area contributed by atoms with Gasteiger partial charge >= 0.3 is 0 Å². The van der Waals surface area contributed by atoms with Crippen LogP contribution in [0.4, 0.5) is 0 Å². The molecule has 0 saturated carbocycles. The SMILES string of the molecule is O=C(c1ccccc1)C1CCCN(P)C1. The van der Waals surface area contributed by atoms with E-state index >= 15 is 0 Å². The molecule has 2 rings (SSSR count). The fraction of sp³-hybridized carbons (Fsp3) is 0.417. The van der Waals surface area contributed by atoms with E-state index in [0.29, 0.717) is 5.78 Å². The van der Waals surface area contributed by atoms with Crippen LogP contribution in [-0.4, -0.2) is 23.5 Å². The molecule has 15 heavy (non-hydrogen) atoms. The molecule has 1 aromatic rings. The summed E-state index contributed by atoms with van der Waals surface area (Å²) in [6.07, 6.45) is 2.14. The first-order valence-corrected chi connectivity index (χ1v) is 5.88. The molecule has 3 heteroatoms. The molecule has 1 aliphatic rings. The van der Waals surface area contributed by atoms with Crippen molar-refractivity contribution < 1.29 is 4.79 Å². The highest BCUT2D eigenvalue weighted by Gasteiger charge is 2.24. The lowest BCUT2D eigenvalue weighted by atomic mass is 9.91. The minimum absolute atomic E-state index is 0.179. The van der Waals surface area contributed by atoms with E-state index in [9.17, 15) is 4.79 Å². The van der Waals surface area contributed by atoms with Crippen LogP contribution in [0.2, 0.25) is 0 Å². The van der Waals surface area contributed by atoms with Crippen LogP contribution in [-0.2, 0) is 0 Å². The number of nitrogens with zero attached hydrogens (tertiary/aromatic N) is 1. The Morgan fingerprint density at radius 2 is 2.07 bits per heavy atom. The normalized spacial score (nSPS) is 22.6. The van der Waals surface area contributed by atoms with Gasteiger partial charge in [-0.1, -0.05) is 39.7 Å². The van der Waals surface area contributed by atoms with E-state index in [-0.39, 0.29) is 5.92 Å². The van der Waals surface area contributed by atoms with Gasteiger partial charge in [0.2, 0.25) is 0 Å². The molecule has 0 spiro atoms. The Bertz CT molecular complexity index is 339. The Morgan fingerprint density at radius 1 is 1.33 bits per heavy atom. The number of carbonyl (C=O) groups excluding carboxylic acids is 1. The number of hydrogen-bond acceptors (Lipinski definition) is 2. The van der Waals surface area contributed by atoms with Gasteiger partial charge in [0.25, 0.3) is 0 Å². The molecule has 0 aliphatic carbocycles. The summed E-state index contributed by atoms with van der Waals surface area (Å²) in [5.41, 5.74) is 0.850. The van der Waals surface area contributed by atoms with Crippen molar-refractivity contribution in [2.75, 3.05) is 13.1 Å². The summed E-state index contributed by atoms with van der Waals surface area (Å²) in [6, 6.07) is 9.61. The van der Waals surface area contributed by atoms with Crippen molar-refractivity contribution in [2.24, 2.45) is 5.92 Å². The van der Waals surface area contributed by atoms with Gasteiger partial charge in [0, 0.05) is 24.6 Å². The predicted molar refractivity (Wildman–Crippen MR) is 64.8 cm³/mol. The van der Waals surface area contributed by atoms with E-state index in [4.69, 9.17) is 0 Å². The standard InChI is InChI=1S/C12H16NOP/c14-12(10-5-2-1-3-6-10)11-7-4-8-13(15)9-11/h1-3,5-6,11H,4,7-9,15H2. The van der Waals surface area contributed by atoms with Crippen molar-refractivity contribution in [1.82, 2.24) is 4.67 Å². The summed E-state index contributed by atoms with van der Waals surface area (Å²) in [7, 11) is 2.69. The second-order valence-corrected chi connectivity index (χ2v) is 4.79. The van der Waals surface area contributed by atoms with Gasteiger partial charge in [-0.25, -0.2) is 0 Å². The topological polar surface area (TPSA) is 20.3 Å². The van der Waals surface area contributed by atoms with Gasteiger partial charge in [-0.2, -0.15) is 0 Å². The van der Waals surface area contributed by atoms with Gasteiger partial charge in [-0.05, 0) is 12.8 Å². The van der Waals surface area contributed by atoms with E-state index in [1.54, 1.807) is 0 Å². The van der Waals surface area contributed by atoms with Crippen LogP contribution in [0.5, 0.6) is 0 Å². The highest BCUT2D eigenvalue weighted by Crippen LogP contribution is 2.22. The molecule has 0 bridgehead atoms. The average molecular weight is 221 g/mol. The summed E-state index contributed by atoms with van der Waals surface area (Å²) in [5.74, 6) is 0.474. The summed E-state index contributed by atoms with van der Waals surface area (Å²) in [5, 5.41) is 0. The maximum atomic E-state index is 12.1. The molecule has 80 valence electrons. The molecule has 1 heterocycles. The molecule has 0 N–H and O–H groups in total. The van der Waals surface area contributed by atoms with Crippen molar-refractivity contribution in [3.8, 4) is 0 Å². The average Bonchev–Trinajstić information content (AvgIpc) is 2.29. The van der Waals surface area contributed by atoms with Gasteiger partial charge < -0.3 is 0 Å². The Labute approximate surface area is 92.9 Å². The number of piperidine rings is 1. The van der Waals surface area contributed by atoms with Crippen molar-refractivity contribution in [3.63, 3.8) is 0 Å². The number of benzene rings is 1. The molecule has 1 fully saturated rings. The van der Waals surface area contributed by atoms with Crippen LogP contribution >= 0.6 is 9.39 Å². The van der Waals surface area contributed by atoms with Gasteiger partial charge in [-0.15, -0.1) is 0 Å². The second kappa shape index (κ2) is 4.87. The van der Waals surface area contributed by atoms with Crippen LogP contribution in [0.1, 0.15) is 23.2 Å². The van der Waals surface area contributed by atoms with Crippen LogP contribution < -0.4 is 0 Å². The summed E-state index contributed by atoms with van der Waals surface area (Å²) < 4.78 is 2.16. The fourth-order valence-electron chi connectivity index (χ4n) is 2.06. The molecule has 0 radical (unpaired) electrons. The molecular weight excluding hydrogens is 205 g/mol. The van der Waals surface area contributed by atoms with E-state index in [1.807, 2.05) is 30.3 Å². The first-order chi connectivity index (χ1) is 7.27. The maximum absolute atomic E-state index is 12.1. The van der Waals surface area contributed by atoms with E-state index in [2.05, 4.69) is 14.1 Å². The maximum Gasteiger partial charge on any atom is 0.167 e. The van der Waals surface area contributed by atoms with Crippen molar-refractivity contribution >= 4 is 15.2 Å². The minimum atomic E-state index is 0.179. The molecular formula is C12H16NOP. The highest BCUT2D eigenvalue weighted by molar-refractivity contribution is 7.13. The zero-order valence-corrected chi connectivity index (χ0v) is 9.88. The van der Waals surface area contributed by atoms with Crippen molar-refractivity contribution in [2.45, 2.75) is 12.8 Å². The highest BCUT2D eigenvalue weighted by atomic mass is 31.0. The van der Waals surface area contributed by atoms with Gasteiger partial charge in [0.15, 0.2) is 5.78 Å².